The van der Waals surface area contributed by atoms with Crippen molar-refractivity contribution < 1.29 is 23.9 Å². The summed E-state index contributed by atoms with van der Waals surface area (Å²) < 4.78 is 5.06. The van der Waals surface area contributed by atoms with Gasteiger partial charge in [0.15, 0.2) is 6.61 Å². The SMILES string of the molecule is Cc1c(Cl)cccc1NC(=O)COC(=O)[C@H](C)N1C(=O)[C@@H]2[C@@H](C1=O)[C@H]1C=C[C@H]2C1. The Kier molecular flexibility index (Phi) is 4.94. The number of fused-ring (bicyclic) bond motifs is 5. The summed E-state index contributed by atoms with van der Waals surface area (Å²) in [7, 11) is 0. The van der Waals surface area contributed by atoms with Gasteiger partial charge in [0.1, 0.15) is 6.04 Å². The van der Waals surface area contributed by atoms with Crippen LogP contribution in [0.15, 0.2) is 30.4 Å². The number of ether oxygens (including phenoxy) is 1. The number of anilines is 1. The fourth-order valence-electron chi connectivity index (χ4n) is 4.60. The highest BCUT2D eigenvalue weighted by atomic mass is 35.5. The number of imide groups is 1. The summed E-state index contributed by atoms with van der Waals surface area (Å²) in [5, 5.41) is 3.14. The highest BCUT2D eigenvalue weighted by Gasteiger charge is 2.60. The Balaban J connectivity index is 1.35. The number of amides is 3. The predicted molar refractivity (Wildman–Crippen MR) is 105 cm³/mol. The number of hydrogen-bond acceptors (Lipinski definition) is 5. The molecule has 1 saturated carbocycles. The molecule has 0 aromatic heterocycles. The first-order valence-corrected chi connectivity index (χ1v) is 9.94. The lowest BCUT2D eigenvalue weighted by Gasteiger charge is -2.23. The van der Waals surface area contributed by atoms with Crippen molar-refractivity contribution in [1.82, 2.24) is 4.90 Å². The van der Waals surface area contributed by atoms with Gasteiger partial charge in [-0.2, -0.15) is 0 Å². The molecule has 4 rings (SSSR count). The third-order valence-corrected chi connectivity index (χ3v) is 6.53. The average Bonchev–Trinajstić information content (AvgIpc) is 3.37. The Bertz CT molecular complexity index is 913. The lowest BCUT2D eigenvalue weighted by Crippen LogP contribution is -2.45. The second kappa shape index (κ2) is 7.30. The Morgan fingerprint density at radius 2 is 1.83 bits per heavy atom. The van der Waals surface area contributed by atoms with Crippen molar-refractivity contribution in [2.24, 2.45) is 23.7 Å². The first kappa shape index (κ1) is 19.6. The van der Waals surface area contributed by atoms with E-state index in [0.717, 1.165) is 11.3 Å². The molecule has 1 aliphatic heterocycles. The third-order valence-electron chi connectivity index (χ3n) is 6.12. The molecule has 3 amide bonds. The van der Waals surface area contributed by atoms with E-state index < -0.39 is 24.5 Å². The number of nitrogens with zero attached hydrogens (tertiary/aromatic N) is 1. The number of halogens is 1. The fourth-order valence-corrected chi connectivity index (χ4v) is 4.77. The first-order chi connectivity index (χ1) is 13.8. The van der Waals surface area contributed by atoms with Gasteiger partial charge >= 0.3 is 5.97 Å². The van der Waals surface area contributed by atoms with Crippen molar-refractivity contribution >= 4 is 41.0 Å². The minimum Gasteiger partial charge on any atom is -0.454 e. The maximum absolute atomic E-state index is 12.8. The van der Waals surface area contributed by atoms with E-state index in [4.69, 9.17) is 16.3 Å². The Morgan fingerprint density at radius 1 is 1.21 bits per heavy atom. The Labute approximate surface area is 173 Å². The van der Waals surface area contributed by atoms with Crippen LogP contribution in [0.3, 0.4) is 0 Å². The van der Waals surface area contributed by atoms with Gasteiger partial charge in [-0.05, 0) is 49.8 Å². The van der Waals surface area contributed by atoms with Crippen LogP contribution in [0.1, 0.15) is 18.9 Å². The van der Waals surface area contributed by atoms with E-state index >= 15 is 0 Å². The van der Waals surface area contributed by atoms with Crippen LogP contribution >= 0.6 is 11.6 Å². The van der Waals surface area contributed by atoms with E-state index in [9.17, 15) is 19.2 Å². The van der Waals surface area contributed by atoms with Crippen LogP contribution in [0.5, 0.6) is 0 Å². The number of carbonyl (C=O) groups excluding carboxylic acids is 4. The maximum Gasteiger partial charge on any atom is 0.329 e. The zero-order valence-electron chi connectivity index (χ0n) is 16.1. The van der Waals surface area contributed by atoms with Gasteiger partial charge in [0.2, 0.25) is 11.8 Å². The largest absolute Gasteiger partial charge is 0.454 e. The highest BCUT2D eigenvalue weighted by Crippen LogP contribution is 2.52. The Morgan fingerprint density at radius 3 is 2.45 bits per heavy atom. The van der Waals surface area contributed by atoms with Crippen molar-refractivity contribution in [3.05, 3.63) is 40.9 Å². The van der Waals surface area contributed by atoms with Crippen molar-refractivity contribution in [2.75, 3.05) is 11.9 Å². The molecule has 1 N–H and O–H groups in total. The zero-order chi connectivity index (χ0) is 20.9. The first-order valence-electron chi connectivity index (χ1n) is 9.56. The van der Waals surface area contributed by atoms with Gasteiger partial charge < -0.3 is 10.1 Å². The van der Waals surface area contributed by atoms with Crippen LogP contribution in [-0.2, 0) is 23.9 Å². The molecule has 29 heavy (non-hydrogen) atoms. The van der Waals surface area contributed by atoms with Crippen LogP contribution in [0, 0.1) is 30.6 Å². The molecule has 0 radical (unpaired) electrons. The van der Waals surface area contributed by atoms with Gasteiger partial charge in [-0.25, -0.2) is 4.79 Å². The number of benzene rings is 1. The molecule has 0 unspecified atom stereocenters. The third kappa shape index (κ3) is 3.23. The molecule has 0 spiro atoms. The van der Waals surface area contributed by atoms with E-state index in [1.807, 2.05) is 12.2 Å². The summed E-state index contributed by atoms with van der Waals surface area (Å²) in [4.78, 5) is 51.1. The van der Waals surface area contributed by atoms with E-state index in [2.05, 4.69) is 5.32 Å². The highest BCUT2D eigenvalue weighted by molar-refractivity contribution is 6.31. The molecule has 1 aromatic rings. The molecule has 1 aromatic carbocycles. The summed E-state index contributed by atoms with van der Waals surface area (Å²) in [6.07, 6.45) is 4.81. The molecule has 2 fully saturated rings. The quantitative estimate of drug-likeness (QED) is 0.451. The second-order valence-corrected chi connectivity index (χ2v) is 8.20. The van der Waals surface area contributed by atoms with Gasteiger partial charge in [-0.15, -0.1) is 0 Å². The lowest BCUT2D eigenvalue weighted by atomic mass is 9.85. The van der Waals surface area contributed by atoms with E-state index in [1.165, 1.54) is 6.92 Å². The van der Waals surface area contributed by atoms with Crippen LogP contribution < -0.4 is 5.32 Å². The Hall–Kier alpha value is -2.67. The molecule has 2 bridgehead atoms. The minimum absolute atomic E-state index is 0.0707. The summed E-state index contributed by atoms with van der Waals surface area (Å²) in [5.74, 6) is -2.56. The van der Waals surface area contributed by atoms with Crippen molar-refractivity contribution in [2.45, 2.75) is 26.3 Å². The van der Waals surface area contributed by atoms with Crippen molar-refractivity contribution in [3.8, 4) is 0 Å². The molecule has 2 aliphatic carbocycles. The van der Waals surface area contributed by atoms with Crippen LogP contribution in [0.4, 0.5) is 5.69 Å². The molecule has 152 valence electrons. The van der Waals surface area contributed by atoms with Crippen LogP contribution in [-0.4, -0.2) is 41.2 Å². The van der Waals surface area contributed by atoms with E-state index in [1.54, 1.807) is 25.1 Å². The summed E-state index contributed by atoms with van der Waals surface area (Å²) >= 11 is 6.02. The van der Waals surface area contributed by atoms with Crippen LogP contribution in [0.2, 0.25) is 5.02 Å². The summed E-state index contributed by atoms with van der Waals surface area (Å²) in [5.41, 5.74) is 1.22. The molecular weight excluding hydrogens is 396 g/mol. The molecule has 3 aliphatic rings. The molecule has 1 heterocycles. The van der Waals surface area contributed by atoms with E-state index in [0.29, 0.717) is 16.3 Å². The normalized spacial score (nSPS) is 27.9. The summed E-state index contributed by atoms with van der Waals surface area (Å²) in [6, 6.07) is 4.02. The number of carbonyl (C=O) groups is 4. The molecule has 8 heteroatoms. The number of hydrogen-bond donors (Lipinski definition) is 1. The lowest BCUT2D eigenvalue weighted by molar-refractivity contribution is -0.159. The van der Waals surface area contributed by atoms with Gasteiger partial charge in [0.25, 0.3) is 5.91 Å². The topological polar surface area (TPSA) is 92.8 Å². The number of nitrogens with one attached hydrogen (secondary N) is 1. The monoisotopic (exact) mass is 416 g/mol. The maximum atomic E-state index is 12.8. The smallest absolute Gasteiger partial charge is 0.329 e. The second-order valence-electron chi connectivity index (χ2n) is 7.79. The number of allylic oxidation sites excluding steroid dienone is 2. The van der Waals surface area contributed by atoms with Gasteiger partial charge in [0.05, 0.1) is 11.8 Å². The van der Waals surface area contributed by atoms with Crippen molar-refractivity contribution in [3.63, 3.8) is 0 Å². The van der Waals surface area contributed by atoms with Crippen LogP contribution in [0.25, 0.3) is 0 Å². The molecule has 5 atom stereocenters. The van der Waals surface area contributed by atoms with Gasteiger partial charge in [-0.3, -0.25) is 19.3 Å². The number of likely N-dealkylation sites (tertiary alicyclic amines) is 1. The molecule has 1 saturated heterocycles. The summed E-state index contributed by atoms with van der Waals surface area (Å²) in [6.45, 7) is 2.69. The zero-order valence-corrected chi connectivity index (χ0v) is 16.8. The predicted octanol–water partition coefficient (Wildman–Crippen LogP) is 2.33. The van der Waals surface area contributed by atoms with Gasteiger partial charge in [-0.1, -0.05) is 29.8 Å². The minimum atomic E-state index is -1.07. The number of esters is 1. The van der Waals surface area contributed by atoms with Gasteiger partial charge in [0, 0.05) is 10.7 Å². The van der Waals surface area contributed by atoms with E-state index in [-0.39, 0.29) is 35.5 Å². The number of rotatable bonds is 5. The van der Waals surface area contributed by atoms with Crippen molar-refractivity contribution in [1.29, 1.82) is 0 Å². The fraction of sp³-hybridized carbons (Fsp3) is 0.429. The standard InChI is InChI=1S/C21H21ClN2O5/c1-10-14(22)4-3-5-15(10)23-16(25)9-29-21(28)11(2)24-19(26)17-12-6-7-13(8-12)18(17)20(24)27/h3-7,11-13,17-18H,8-9H2,1-2H3,(H,23,25)/t11-,12-,13-,17-,18-/m0/s1. The molecule has 7 nitrogen and oxygen atoms in total. The average molecular weight is 417 g/mol. The molecular formula is C21H21ClN2O5.